The average molecular weight is 592 g/mol. The number of nitrogens with two attached hydrogens (primary N) is 1. The summed E-state index contributed by atoms with van der Waals surface area (Å²) in [6, 6.07) is 12.9. The number of phenols is 1. The third kappa shape index (κ3) is 12.8. The van der Waals surface area contributed by atoms with E-state index in [1.807, 2.05) is 6.07 Å². The van der Waals surface area contributed by atoms with Crippen LogP contribution >= 0.6 is 0 Å². The fraction of sp³-hybridized carbons (Fsp3) is 0.448. The lowest BCUT2D eigenvalue weighted by molar-refractivity contribution is -0.134. The fourth-order valence-corrected chi connectivity index (χ4v) is 4.80. The molecular formula is C29H41N3O8S. The van der Waals surface area contributed by atoms with Crippen LogP contribution in [0.4, 0.5) is 0 Å². The lowest BCUT2D eigenvalue weighted by Crippen LogP contribution is -2.22. The number of nitrogens with one attached hydrogen (secondary N) is 2. The molecule has 226 valence electrons. The van der Waals surface area contributed by atoms with Gasteiger partial charge in [-0.05, 0) is 74.0 Å². The topological polar surface area (TPSA) is 192 Å². The Bertz CT molecular complexity index is 1400. The van der Waals surface area contributed by atoms with Crippen molar-refractivity contribution < 1.29 is 33.3 Å². The van der Waals surface area contributed by atoms with E-state index < -0.39 is 22.1 Å². The van der Waals surface area contributed by atoms with Crippen LogP contribution in [0, 0.1) is 0 Å². The Kier molecular flexibility index (Phi) is 14.5. The number of aromatic amines is 1. The molecule has 0 unspecified atom stereocenters. The number of carboxylic acid groups (broad SMARTS) is 1. The maximum atomic E-state index is 11.5. The van der Waals surface area contributed by atoms with E-state index in [4.69, 9.17) is 19.8 Å². The van der Waals surface area contributed by atoms with Gasteiger partial charge < -0.3 is 30.4 Å². The molecule has 0 aliphatic rings. The molecule has 0 amide bonds. The van der Waals surface area contributed by atoms with E-state index >= 15 is 0 Å². The van der Waals surface area contributed by atoms with E-state index in [-0.39, 0.29) is 16.2 Å². The number of sulfonamides is 1. The Labute approximate surface area is 240 Å². The molecule has 11 nitrogen and oxygen atoms in total. The summed E-state index contributed by atoms with van der Waals surface area (Å²) in [5.41, 5.74) is 1.65. The highest BCUT2D eigenvalue weighted by molar-refractivity contribution is 7.89. The number of aliphatic hydroxyl groups is 1. The number of H-pyrrole nitrogens is 1. The minimum Gasteiger partial charge on any atom is -0.506 e. The van der Waals surface area contributed by atoms with E-state index in [1.54, 1.807) is 24.3 Å². The number of rotatable bonds is 16. The molecule has 0 fully saturated rings. The van der Waals surface area contributed by atoms with Crippen molar-refractivity contribution in [2.45, 2.75) is 62.9 Å². The highest BCUT2D eigenvalue weighted by Crippen LogP contribution is 2.28. The van der Waals surface area contributed by atoms with Gasteiger partial charge in [-0.1, -0.05) is 31.0 Å². The van der Waals surface area contributed by atoms with Crippen molar-refractivity contribution in [3.63, 3.8) is 0 Å². The van der Waals surface area contributed by atoms with Gasteiger partial charge in [-0.25, -0.2) is 13.6 Å². The number of pyridine rings is 1. The van der Waals surface area contributed by atoms with Crippen molar-refractivity contribution in [2.24, 2.45) is 5.14 Å². The number of primary sulfonamides is 1. The molecule has 2 aromatic carbocycles. The van der Waals surface area contributed by atoms with Crippen LogP contribution in [0.5, 0.6) is 5.75 Å². The van der Waals surface area contributed by atoms with Gasteiger partial charge in [0.25, 0.3) is 5.97 Å². The number of fused-ring (bicyclic) bond motifs is 1. The molecular weight excluding hydrogens is 550 g/mol. The molecule has 3 aromatic rings. The summed E-state index contributed by atoms with van der Waals surface area (Å²) in [6.45, 7) is 3.67. The molecule has 12 heteroatoms. The first-order chi connectivity index (χ1) is 19.5. The van der Waals surface area contributed by atoms with E-state index in [0.717, 1.165) is 70.6 Å². The van der Waals surface area contributed by atoms with Gasteiger partial charge in [0.1, 0.15) is 5.75 Å². The summed E-state index contributed by atoms with van der Waals surface area (Å²) < 4.78 is 28.6. The first-order valence-corrected chi connectivity index (χ1v) is 15.2. The smallest absolute Gasteiger partial charge is 0.300 e. The van der Waals surface area contributed by atoms with Crippen molar-refractivity contribution >= 4 is 26.9 Å². The Morgan fingerprint density at radius 3 is 2.41 bits per heavy atom. The fourth-order valence-electron chi connectivity index (χ4n) is 4.22. The Morgan fingerprint density at radius 2 is 1.71 bits per heavy atom. The highest BCUT2D eigenvalue weighted by Gasteiger charge is 2.13. The number of unbranched alkanes of at least 4 members (excludes halogenated alkanes) is 4. The summed E-state index contributed by atoms with van der Waals surface area (Å²) >= 11 is 0. The molecule has 1 heterocycles. The van der Waals surface area contributed by atoms with Crippen molar-refractivity contribution in [1.29, 1.82) is 0 Å². The number of aryl methyl sites for hydroxylation is 1. The zero-order chi connectivity index (χ0) is 30.3. The predicted octanol–water partition coefficient (Wildman–Crippen LogP) is 3.19. The number of benzene rings is 2. The quantitative estimate of drug-likeness (QED) is 0.136. The van der Waals surface area contributed by atoms with Gasteiger partial charge in [-0.15, -0.1) is 0 Å². The minimum atomic E-state index is -3.66. The number of aliphatic hydroxyl groups excluding tert-OH is 1. The monoisotopic (exact) mass is 591 g/mol. The molecule has 0 bridgehead atoms. The Balaban J connectivity index is 0.00000138. The van der Waals surface area contributed by atoms with Crippen LogP contribution in [0.15, 0.2) is 58.2 Å². The molecule has 7 N–H and O–H groups in total. The summed E-state index contributed by atoms with van der Waals surface area (Å²) in [5, 5.41) is 37.0. The van der Waals surface area contributed by atoms with Gasteiger partial charge >= 0.3 is 0 Å². The van der Waals surface area contributed by atoms with Gasteiger partial charge in [0.15, 0.2) is 0 Å². The first-order valence-electron chi connectivity index (χ1n) is 13.6. The van der Waals surface area contributed by atoms with Gasteiger partial charge in [-0.3, -0.25) is 9.59 Å². The Hall–Kier alpha value is -3.29. The predicted molar refractivity (Wildman–Crippen MR) is 157 cm³/mol. The number of aliphatic carboxylic acids is 1. The third-order valence-electron chi connectivity index (χ3n) is 6.23. The van der Waals surface area contributed by atoms with Crippen LogP contribution in [0.25, 0.3) is 10.9 Å². The summed E-state index contributed by atoms with van der Waals surface area (Å²) in [5.74, 6) is -0.853. The molecule has 0 spiro atoms. The molecule has 41 heavy (non-hydrogen) atoms. The number of carbonyl (C=O) groups is 1. The van der Waals surface area contributed by atoms with Gasteiger partial charge in [-0.2, -0.15) is 0 Å². The van der Waals surface area contributed by atoms with Crippen molar-refractivity contribution in [2.75, 3.05) is 26.3 Å². The van der Waals surface area contributed by atoms with E-state index in [1.165, 1.54) is 18.2 Å². The van der Waals surface area contributed by atoms with Crippen LogP contribution in [0.1, 0.15) is 62.7 Å². The molecule has 0 aliphatic heterocycles. The second-order valence-electron chi connectivity index (χ2n) is 9.70. The molecule has 0 aliphatic carbocycles. The van der Waals surface area contributed by atoms with E-state index in [0.29, 0.717) is 29.6 Å². The average Bonchev–Trinajstić information content (AvgIpc) is 2.91. The maximum absolute atomic E-state index is 11.5. The third-order valence-corrected chi connectivity index (χ3v) is 7.14. The molecule has 1 atom stereocenters. The number of aromatic nitrogens is 1. The molecule has 0 saturated heterocycles. The maximum Gasteiger partial charge on any atom is 0.300 e. The number of ether oxygens (including phenoxy) is 1. The number of hydrogen-bond donors (Lipinski definition) is 6. The summed E-state index contributed by atoms with van der Waals surface area (Å²) in [7, 11) is -3.66. The zero-order valence-electron chi connectivity index (χ0n) is 23.3. The molecule has 1 aromatic heterocycles. The van der Waals surface area contributed by atoms with Crippen LogP contribution < -0.4 is 16.0 Å². The first kappa shape index (κ1) is 33.9. The largest absolute Gasteiger partial charge is 0.506 e. The minimum absolute atomic E-state index is 0.0197. The summed E-state index contributed by atoms with van der Waals surface area (Å²) in [4.78, 5) is 23.3. The second kappa shape index (κ2) is 17.5. The number of hydrogen-bond acceptors (Lipinski definition) is 8. The zero-order valence-corrected chi connectivity index (χ0v) is 24.2. The SMILES string of the molecule is CC(=O)O.NS(=O)(=O)c1cccc(CCCCOCCCCCCNC[C@H](O)c2ccc(O)c3[nH]c(=O)ccc23)c1. The molecule has 3 rings (SSSR count). The van der Waals surface area contributed by atoms with E-state index in [2.05, 4.69) is 10.3 Å². The van der Waals surface area contributed by atoms with Crippen LogP contribution in [-0.2, 0) is 26.0 Å². The van der Waals surface area contributed by atoms with Crippen molar-refractivity contribution in [3.8, 4) is 5.75 Å². The highest BCUT2D eigenvalue weighted by atomic mass is 32.2. The second-order valence-corrected chi connectivity index (χ2v) is 11.3. The number of aromatic hydroxyl groups is 1. The lowest BCUT2D eigenvalue weighted by Gasteiger charge is -2.15. The molecule has 0 radical (unpaired) electrons. The normalized spacial score (nSPS) is 12.1. The molecule has 0 saturated carbocycles. The van der Waals surface area contributed by atoms with Crippen molar-refractivity contribution in [1.82, 2.24) is 10.3 Å². The van der Waals surface area contributed by atoms with Gasteiger partial charge in [0, 0.05) is 38.1 Å². The van der Waals surface area contributed by atoms with Gasteiger partial charge in [0.2, 0.25) is 15.6 Å². The number of phenolic OH excluding ortho intramolecular Hbond substituents is 1. The van der Waals surface area contributed by atoms with Crippen LogP contribution in [0.3, 0.4) is 0 Å². The van der Waals surface area contributed by atoms with Crippen molar-refractivity contribution in [3.05, 3.63) is 70.0 Å². The lowest BCUT2D eigenvalue weighted by atomic mass is 10.0. The van der Waals surface area contributed by atoms with E-state index in [9.17, 15) is 23.4 Å². The Morgan fingerprint density at radius 1 is 1.02 bits per heavy atom. The standard InChI is InChI=1S/C27H37N3O6S.C2H4O2/c28-37(34,35)21-10-7-9-20(18-21)8-3-6-17-36-16-5-2-1-4-15-29-19-25(32)22-11-13-24(31)27-23(22)12-14-26(33)30-27;1-2(3)4/h7,9-14,18,25,29,31-32H,1-6,8,15-17,19H2,(H,30,33)(H2,28,34,35);1H3,(H,3,4)/t25-;/m0./s1. The van der Waals surface area contributed by atoms with Crippen LogP contribution in [-0.4, -0.2) is 61.0 Å². The summed E-state index contributed by atoms with van der Waals surface area (Å²) in [6.07, 6.45) is 6.00. The van der Waals surface area contributed by atoms with Crippen LogP contribution in [0.2, 0.25) is 0 Å². The van der Waals surface area contributed by atoms with Gasteiger partial charge in [0.05, 0.1) is 16.5 Å². The number of carboxylic acids is 1.